The van der Waals surface area contributed by atoms with Gasteiger partial charge in [-0.25, -0.2) is 0 Å². The van der Waals surface area contributed by atoms with Crippen LogP contribution in [0, 0.1) is 0 Å². The summed E-state index contributed by atoms with van der Waals surface area (Å²) in [5.74, 6) is 2.13. The number of aliphatic hydroxyl groups is 2. The summed E-state index contributed by atoms with van der Waals surface area (Å²) in [5.41, 5.74) is 0.754. The van der Waals surface area contributed by atoms with E-state index in [9.17, 15) is 10.2 Å². The zero-order valence-electron chi connectivity index (χ0n) is 16.1. The van der Waals surface area contributed by atoms with E-state index in [1.165, 1.54) is 0 Å². The molecule has 6 heteroatoms. The highest BCUT2D eigenvalue weighted by Crippen LogP contribution is 2.38. The van der Waals surface area contributed by atoms with Crippen LogP contribution in [0.3, 0.4) is 0 Å². The molecule has 2 N–H and O–H groups in total. The zero-order valence-corrected chi connectivity index (χ0v) is 16.1. The van der Waals surface area contributed by atoms with Crippen LogP contribution in [-0.4, -0.2) is 55.1 Å². The highest BCUT2D eigenvalue weighted by Gasteiger charge is 2.36. The maximum Gasteiger partial charge on any atom is 0.161 e. The molecule has 28 heavy (non-hydrogen) atoms. The first-order valence-electron chi connectivity index (χ1n) is 9.75. The predicted octanol–water partition coefficient (Wildman–Crippen LogP) is 2.48. The van der Waals surface area contributed by atoms with Crippen LogP contribution < -0.4 is 14.2 Å². The van der Waals surface area contributed by atoms with Crippen LogP contribution in [0.1, 0.15) is 30.1 Å². The SMILES string of the molecule is COc1ccccc1C1(O)CCN(CC(O)c2ccc3c(c2)OCCO3)CC1. The van der Waals surface area contributed by atoms with E-state index in [2.05, 4.69) is 4.90 Å². The van der Waals surface area contributed by atoms with E-state index < -0.39 is 11.7 Å². The molecule has 1 fully saturated rings. The minimum atomic E-state index is -0.898. The summed E-state index contributed by atoms with van der Waals surface area (Å²) in [7, 11) is 1.63. The minimum Gasteiger partial charge on any atom is -0.496 e. The van der Waals surface area contributed by atoms with Gasteiger partial charge >= 0.3 is 0 Å². The molecule has 0 bridgehead atoms. The third kappa shape index (κ3) is 3.81. The molecule has 2 aromatic rings. The van der Waals surface area contributed by atoms with Crippen molar-refractivity contribution in [3.63, 3.8) is 0 Å². The van der Waals surface area contributed by atoms with Gasteiger partial charge in [-0.05, 0) is 36.6 Å². The van der Waals surface area contributed by atoms with Crippen LogP contribution in [0.4, 0.5) is 0 Å². The summed E-state index contributed by atoms with van der Waals surface area (Å²) < 4.78 is 16.6. The van der Waals surface area contributed by atoms with Crippen molar-refractivity contribution in [2.24, 2.45) is 0 Å². The van der Waals surface area contributed by atoms with Crippen LogP contribution in [0.2, 0.25) is 0 Å². The van der Waals surface area contributed by atoms with Gasteiger partial charge in [0.05, 0.1) is 18.8 Å². The predicted molar refractivity (Wildman–Crippen MR) is 105 cm³/mol. The molecular formula is C22H27NO5. The van der Waals surface area contributed by atoms with Gasteiger partial charge in [-0.2, -0.15) is 0 Å². The Labute approximate surface area is 165 Å². The van der Waals surface area contributed by atoms with E-state index in [0.29, 0.717) is 51.4 Å². The third-order valence-electron chi connectivity index (χ3n) is 5.67. The van der Waals surface area contributed by atoms with Crippen molar-refractivity contribution < 1.29 is 24.4 Å². The molecule has 0 aromatic heterocycles. The molecule has 2 aromatic carbocycles. The van der Waals surface area contributed by atoms with Crippen molar-refractivity contribution >= 4 is 0 Å². The van der Waals surface area contributed by atoms with Crippen molar-refractivity contribution in [1.82, 2.24) is 4.90 Å². The maximum absolute atomic E-state index is 11.2. The molecule has 6 nitrogen and oxygen atoms in total. The van der Waals surface area contributed by atoms with Crippen LogP contribution in [0.5, 0.6) is 17.2 Å². The Hall–Kier alpha value is -2.28. The number of hydrogen-bond acceptors (Lipinski definition) is 6. The topological polar surface area (TPSA) is 71.4 Å². The summed E-state index contributed by atoms with van der Waals surface area (Å²) in [6.07, 6.45) is 0.580. The van der Waals surface area contributed by atoms with Gasteiger partial charge in [-0.1, -0.05) is 24.3 Å². The van der Waals surface area contributed by atoms with E-state index >= 15 is 0 Å². The molecule has 4 rings (SSSR count). The second kappa shape index (κ2) is 7.99. The Balaban J connectivity index is 1.39. The van der Waals surface area contributed by atoms with Gasteiger partial charge in [0.25, 0.3) is 0 Å². The number of β-amino-alcohol motifs (C(OH)–C–C–N with tert-alkyl or cyclic N) is 1. The number of likely N-dealkylation sites (tertiary alicyclic amines) is 1. The van der Waals surface area contributed by atoms with Crippen molar-refractivity contribution in [1.29, 1.82) is 0 Å². The van der Waals surface area contributed by atoms with Crippen molar-refractivity contribution in [2.45, 2.75) is 24.5 Å². The van der Waals surface area contributed by atoms with E-state index in [4.69, 9.17) is 14.2 Å². The molecule has 150 valence electrons. The zero-order chi connectivity index (χ0) is 19.6. The molecule has 1 saturated heterocycles. The Morgan fingerprint density at radius 3 is 2.54 bits per heavy atom. The molecular weight excluding hydrogens is 358 g/mol. The number of aliphatic hydroxyl groups excluding tert-OH is 1. The summed E-state index contributed by atoms with van der Waals surface area (Å²) in [4.78, 5) is 2.19. The normalized spacial score (nSPS) is 19.8. The van der Waals surface area contributed by atoms with Crippen LogP contribution in [0.15, 0.2) is 42.5 Å². The van der Waals surface area contributed by atoms with Crippen molar-refractivity contribution in [2.75, 3.05) is 40.0 Å². The van der Waals surface area contributed by atoms with Crippen molar-refractivity contribution in [3.8, 4) is 17.2 Å². The fourth-order valence-electron chi connectivity index (χ4n) is 4.02. The second-order valence-corrected chi connectivity index (χ2v) is 7.45. The Morgan fingerprint density at radius 2 is 1.79 bits per heavy atom. The average molecular weight is 385 g/mol. The molecule has 0 aliphatic carbocycles. The lowest BCUT2D eigenvalue weighted by molar-refractivity contribution is -0.0358. The van der Waals surface area contributed by atoms with Gasteiger partial charge in [0.2, 0.25) is 0 Å². The molecule has 1 unspecified atom stereocenters. The van der Waals surface area contributed by atoms with Crippen LogP contribution >= 0.6 is 0 Å². The van der Waals surface area contributed by atoms with Gasteiger partial charge in [-0.15, -0.1) is 0 Å². The van der Waals surface area contributed by atoms with Crippen LogP contribution in [0.25, 0.3) is 0 Å². The lowest BCUT2D eigenvalue weighted by Crippen LogP contribution is -2.44. The number of ether oxygens (including phenoxy) is 3. The van der Waals surface area contributed by atoms with Gasteiger partial charge in [0.1, 0.15) is 19.0 Å². The summed E-state index contributed by atoms with van der Waals surface area (Å²) in [5, 5.41) is 21.8. The third-order valence-corrected chi connectivity index (χ3v) is 5.67. The number of rotatable bonds is 5. The number of nitrogens with zero attached hydrogens (tertiary/aromatic N) is 1. The fraction of sp³-hybridized carbons (Fsp3) is 0.455. The molecule has 0 spiro atoms. The number of benzene rings is 2. The highest BCUT2D eigenvalue weighted by molar-refractivity contribution is 5.44. The number of piperidine rings is 1. The minimum absolute atomic E-state index is 0.516. The number of fused-ring (bicyclic) bond motifs is 1. The number of methoxy groups -OCH3 is 1. The Bertz CT molecular complexity index is 816. The maximum atomic E-state index is 11.2. The van der Waals surface area contributed by atoms with E-state index in [1.54, 1.807) is 7.11 Å². The second-order valence-electron chi connectivity index (χ2n) is 7.45. The standard InChI is InChI=1S/C22H27NO5/c1-26-19-5-3-2-4-17(19)22(25)8-10-23(11-9-22)15-18(24)16-6-7-20-21(14-16)28-13-12-27-20/h2-7,14,18,24-25H,8-13,15H2,1H3. The molecule has 2 aliphatic rings. The molecule has 0 amide bonds. The molecule has 0 saturated carbocycles. The van der Waals surface area contributed by atoms with E-state index in [-0.39, 0.29) is 0 Å². The first-order chi connectivity index (χ1) is 13.6. The number of hydrogen-bond donors (Lipinski definition) is 2. The highest BCUT2D eigenvalue weighted by atomic mass is 16.6. The number of para-hydroxylation sites is 1. The van der Waals surface area contributed by atoms with Gasteiger partial charge < -0.3 is 29.3 Å². The Kier molecular flexibility index (Phi) is 5.44. The average Bonchev–Trinajstić information content (AvgIpc) is 2.75. The Morgan fingerprint density at radius 1 is 1.07 bits per heavy atom. The summed E-state index contributed by atoms with van der Waals surface area (Å²) >= 11 is 0. The summed E-state index contributed by atoms with van der Waals surface area (Å²) in [6, 6.07) is 13.2. The lowest BCUT2D eigenvalue weighted by Gasteiger charge is -2.39. The van der Waals surface area contributed by atoms with E-state index in [0.717, 1.165) is 22.6 Å². The monoisotopic (exact) mass is 385 g/mol. The lowest BCUT2D eigenvalue weighted by atomic mass is 9.83. The smallest absolute Gasteiger partial charge is 0.161 e. The first kappa shape index (κ1) is 19.1. The largest absolute Gasteiger partial charge is 0.496 e. The molecule has 2 aliphatic heterocycles. The van der Waals surface area contributed by atoms with E-state index in [1.807, 2.05) is 42.5 Å². The summed E-state index contributed by atoms with van der Waals surface area (Å²) in [6.45, 7) is 3.01. The fourth-order valence-corrected chi connectivity index (χ4v) is 4.02. The van der Waals surface area contributed by atoms with Crippen LogP contribution in [-0.2, 0) is 5.60 Å². The quantitative estimate of drug-likeness (QED) is 0.824. The molecule has 0 radical (unpaired) electrons. The van der Waals surface area contributed by atoms with Gasteiger partial charge in [-0.3, -0.25) is 0 Å². The van der Waals surface area contributed by atoms with Gasteiger partial charge in [0.15, 0.2) is 11.5 Å². The first-order valence-corrected chi connectivity index (χ1v) is 9.75. The molecule has 2 heterocycles. The van der Waals surface area contributed by atoms with Crippen molar-refractivity contribution in [3.05, 3.63) is 53.6 Å². The van der Waals surface area contributed by atoms with Gasteiger partial charge in [0, 0.05) is 25.2 Å². The molecule has 1 atom stereocenters.